The summed E-state index contributed by atoms with van der Waals surface area (Å²) in [6, 6.07) is 11.9. The fourth-order valence-electron chi connectivity index (χ4n) is 1.89. The molecule has 5 nitrogen and oxygen atoms in total. The third kappa shape index (κ3) is 4.13. The molecule has 0 heterocycles. The number of ether oxygens (including phenoxy) is 2. The maximum absolute atomic E-state index is 11.9. The Morgan fingerprint density at radius 3 is 2.73 bits per heavy atom. The number of halogens is 1. The molecule has 2 rings (SSSR count). The van der Waals surface area contributed by atoms with Crippen LogP contribution in [0.2, 0.25) is 5.02 Å². The molecule has 22 heavy (non-hydrogen) atoms. The van der Waals surface area contributed by atoms with Crippen LogP contribution in [0.25, 0.3) is 0 Å². The van der Waals surface area contributed by atoms with Crippen LogP contribution >= 0.6 is 11.6 Å². The molecule has 2 N–H and O–H groups in total. The molecule has 0 spiro atoms. The van der Waals surface area contributed by atoms with Crippen LogP contribution in [-0.4, -0.2) is 24.7 Å². The van der Waals surface area contributed by atoms with Gasteiger partial charge in [-0.15, -0.1) is 0 Å². The van der Waals surface area contributed by atoms with Gasteiger partial charge in [-0.2, -0.15) is 0 Å². The van der Waals surface area contributed by atoms with Crippen LogP contribution in [0.1, 0.15) is 5.56 Å². The van der Waals surface area contributed by atoms with Gasteiger partial charge in [-0.3, -0.25) is 4.79 Å². The maximum atomic E-state index is 11.9. The van der Waals surface area contributed by atoms with Crippen molar-refractivity contribution in [2.75, 3.05) is 19.0 Å². The number of rotatable bonds is 6. The lowest BCUT2D eigenvalue weighted by atomic mass is 10.2. The minimum absolute atomic E-state index is 0.188. The first-order chi connectivity index (χ1) is 10.6. The number of carbonyl (C=O) groups is 1. The van der Waals surface area contributed by atoms with E-state index in [1.807, 2.05) is 6.07 Å². The van der Waals surface area contributed by atoms with Crippen molar-refractivity contribution in [1.82, 2.24) is 0 Å². The average molecular weight is 322 g/mol. The van der Waals surface area contributed by atoms with Crippen LogP contribution < -0.4 is 14.8 Å². The van der Waals surface area contributed by atoms with Crippen LogP contribution in [0.4, 0.5) is 5.69 Å². The fourth-order valence-corrected chi connectivity index (χ4v) is 2.08. The molecular formula is C16H16ClNO4. The van der Waals surface area contributed by atoms with E-state index >= 15 is 0 Å². The molecule has 2 aromatic carbocycles. The summed E-state index contributed by atoms with van der Waals surface area (Å²) in [5.41, 5.74) is 1.09. The zero-order chi connectivity index (χ0) is 15.9. The van der Waals surface area contributed by atoms with Gasteiger partial charge in [0, 0.05) is 10.6 Å². The molecule has 0 unspecified atom stereocenters. The van der Waals surface area contributed by atoms with Crippen molar-refractivity contribution in [2.45, 2.75) is 6.61 Å². The number of para-hydroxylation sites is 2. The molecule has 6 heteroatoms. The highest BCUT2D eigenvalue weighted by Crippen LogP contribution is 2.24. The van der Waals surface area contributed by atoms with E-state index in [4.69, 9.17) is 21.1 Å². The largest absolute Gasteiger partial charge is 0.495 e. The zero-order valence-electron chi connectivity index (χ0n) is 12.0. The minimum Gasteiger partial charge on any atom is -0.495 e. The molecule has 0 atom stereocenters. The van der Waals surface area contributed by atoms with Gasteiger partial charge in [0.25, 0.3) is 5.91 Å². The van der Waals surface area contributed by atoms with Gasteiger partial charge in [0.1, 0.15) is 11.5 Å². The Hall–Kier alpha value is -2.24. The van der Waals surface area contributed by atoms with E-state index in [-0.39, 0.29) is 19.1 Å². The second-order valence-corrected chi connectivity index (χ2v) is 4.88. The molecule has 116 valence electrons. The van der Waals surface area contributed by atoms with Crippen LogP contribution in [0.3, 0.4) is 0 Å². The summed E-state index contributed by atoms with van der Waals surface area (Å²) in [6.45, 7) is -0.406. The van der Waals surface area contributed by atoms with Gasteiger partial charge in [0.15, 0.2) is 6.61 Å². The van der Waals surface area contributed by atoms with E-state index in [0.29, 0.717) is 27.8 Å². The summed E-state index contributed by atoms with van der Waals surface area (Å²) < 4.78 is 10.6. The van der Waals surface area contributed by atoms with Crippen LogP contribution in [0.15, 0.2) is 42.5 Å². The number of hydrogen-bond donors (Lipinski definition) is 2. The molecule has 1 amide bonds. The summed E-state index contributed by atoms with van der Waals surface area (Å²) in [6.07, 6.45) is 0. The number of aliphatic hydroxyl groups excluding tert-OH is 1. The summed E-state index contributed by atoms with van der Waals surface area (Å²) in [4.78, 5) is 11.9. The quantitative estimate of drug-likeness (QED) is 0.858. The topological polar surface area (TPSA) is 67.8 Å². The number of methoxy groups -OCH3 is 1. The Morgan fingerprint density at radius 2 is 2.00 bits per heavy atom. The number of hydrogen-bond acceptors (Lipinski definition) is 4. The lowest BCUT2D eigenvalue weighted by Crippen LogP contribution is -2.20. The normalized spacial score (nSPS) is 10.1. The molecule has 0 radical (unpaired) electrons. The first kappa shape index (κ1) is 16.1. The van der Waals surface area contributed by atoms with Gasteiger partial charge in [0.05, 0.1) is 19.4 Å². The summed E-state index contributed by atoms with van der Waals surface area (Å²) >= 11 is 5.84. The highest BCUT2D eigenvalue weighted by atomic mass is 35.5. The Balaban J connectivity index is 1.98. The van der Waals surface area contributed by atoms with Gasteiger partial charge in [0.2, 0.25) is 0 Å². The number of aliphatic hydroxyl groups is 1. The molecule has 0 saturated carbocycles. The summed E-state index contributed by atoms with van der Waals surface area (Å²) in [7, 11) is 1.53. The highest BCUT2D eigenvalue weighted by molar-refractivity contribution is 6.30. The molecule has 0 aliphatic carbocycles. The molecule has 0 aliphatic heterocycles. The molecule has 0 aromatic heterocycles. The third-order valence-corrected chi connectivity index (χ3v) is 3.17. The van der Waals surface area contributed by atoms with Crippen LogP contribution in [0, 0.1) is 0 Å². The Labute approximate surface area is 133 Å². The molecule has 0 saturated heterocycles. The Bertz CT molecular complexity index is 660. The maximum Gasteiger partial charge on any atom is 0.262 e. The second kappa shape index (κ2) is 7.68. The van der Waals surface area contributed by atoms with E-state index in [1.165, 1.54) is 7.11 Å². The lowest BCUT2D eigenvalue weighted by molar-refractivity contribution is -0.118. The monoisotopic (exact) mass is 321 g/mol. The van der Waals surface area contributed by atoms with Crippen molar-refractivity contribution >= 4 is 23.2 Å². The van der Waals surface area contributed by atoms with Crippen molar-refractivity contribution in [3.05, 3.63) is 53.1 Å². The predicted octanol–water partition coefficient (Wildman–Crippen LogP) is 2.86. The van der Waals surface area contributed by atoms with E-state index in [9.17, 15) is 9.90 Å². The van der Waals surface area contributed by atoms with Crippen molar-refractivity contribution < 1.29 is 19.4 Å². The second-order valence-electron chi connectivity index (χ2n) is 4.45. The van der Waals surface area contributed by atoms with Gasteiger partial charge in [-0.25, -0.2) is 0 Å². The van der Waals surface area contributed by atoms with E-state index in [1.54, 1.807) is 36.4 Å². The van der Waals surface area contributed by atoms with Gasteiger partial charge >= 0.3 is 0 Å². The van der Waals surface area contributed by atoms with Crippen LogP contribution in [-0.2, 0) is 11.4 Å². The molecule has 0 bridgehead atoms. The van der Waals surface area contributed by atoms with E-state index in [0.717, 1.165) is 0 Å². The van der Waals surface area contributed by atoms with Crippen molar-refractivity contribution in [3.63, 3.8) is 0 Å². The summed E-state index contributed by atoms with van der Waals surface area (Å²) in [5, 5.41) is 12.5. The minimum atomic E-state index is -0.330. The number of nitrogens with one attached hydrogen (secondary N) is 1. The molecule has 2 aromatic rings. The van der Waals surface area contributed by atoms with E-state index in [2.05, 4.69) is 5.32 Å². The summed E-state index contributed by atoms with van der Waals surface area (Å²) in [5.74, 6) is 0.656. The molecular weight excluding hydrogens is 306 g/mol. The number of amides is 1. The highest BCUT2D eigenvalue weighted by Gasteiger charge is 2.09. The van der Waals surface area contributed by atoms with E-state index < -0.39 is 0 Å². The fraction of sp³-hybridized carbons (Fsp3) is 0.188. The average Bonchev–Trinajstić information content (AvgIpc) is 2.54. The van der Waals surface area contributed by atoms with Crippen LogP contribution in [0.5, 0.6) is 11.5 Å². The van der Waals surface area contributed by atoms with Crippen molar-refractivity contribution in [3.8, 4) is 11.5 Å². The van der Waals surface area contributed by atoms with Crippen molar-refractivity contribution in [2.24, 2.45) is 0 Å². The predicted molar refractivity (Wildman–Crippen MR) is 84.5 cm³/mol. The lowest BCUT2D eigenvalue weighted by Gasteiger charge is -2.12. The van der Waals surface area contributed by atoms with Gasteiger partial charge in [-0.1, -0.05) is 23.7 Å². The first-order valence-electron chi connectivity index (χ1n) is 6.59. The number of carbonyl (C=O) groups excluding carboxylic acids is 1. The first-order valence-corrected chi connectivity index (χ1v) is 6.96. The standard InChI is InChI=1S/C16H16ClNO4/c1-21-15-5-3-2-4-13(15)18-16(20)10-22-14-7-6-12(17)8-11(14)9-19/h2-8,19H,9-10H2,1H3,(H,18,20). The zero-order valence-corrected chi connectivity index (χ0v) is 12.8. The molecule has 0 fully saturated rings. The van der Waals surface area contributed by atoms with Gasteiger partial charge in [-0.05, 0) is 30.3 Å². The van der Waals surface area contributed by atoms with Crippen molar-refractivity contribution in [1.29, 1.82) is 0 Å². The number of benzene rings is 2. The third-order valence-electron chi connectivity index (χ3n) is 2.93. The SMILES string of the molecule is COc1ccccc1NC(=O)COc1ccc(Cl)cc1CO. The molecule has 0 aliphatic rings. The smallest absolute Gasteiger partial charge is 0.262 e. The Kier molecular flexibility index (Phi) is 5.63. The number of anilines is 1. The Morgan fingerprint density at radius 1 is 1.23 bits per heavy atom. The van der Waals surface area contributed by atoms with Gasteiger partial charge < -0.3 is 19.9 Å².